The molecule has 0 bridgehead atoms. The van der Waals surface area contributed by atoms with Gasteiger partial charge in [0, 0.05) is 23.5 Å². The van der Waals surface area contributed by atoms with Gasteiger partial charge in [-0.15, -0.1) is 0 Å². The highest BCUT2D eigenvalue weighted by atomic mass is 32.2. The highest BCUT2D eigenvalue weighted by molar-refractivity contribution is 8.00. The van der Waals surface area contributed by atoms with Gasteiger partial charge in [-0.1, -0.05) is 19.3 Å². The van der Waals surface area contributed by atoms with E-state index in [9.17, 15) is 4.79 Å². The monoisotopic (exact) mass is 314 g/mol. The summed E-state index contributed by atoms with van der Waals surface area (Å²) in [5, 5.41) is 0.753. The number of hydrogen-bond donors (Lipinski definition) is 0. The van der Waals surface area contributed by atoms with Gasteiger partial charge in [0.15, 0.2) is 0 Å². The Morgan fingerprint density at radius 2 is 2.10 bits per heavy atom. The van der Waals surface area contributed by atoms with Gasteiger partial charge >= 0.3 is 0 Å². The normalized spacial score (nSPS) is 35.5. The zero-order chi connectivity index (χ0) is 13.8. The third-order valence-corrected chi connectivity index (χ3v) is 7.65. The molecular weight excluding hydrogens is 288 g/mol. The number of ether oxygens (including phenoxy) is 1. The summed E-state index contributed by atoms with van der Waals surface area (Å²) in [5.74, 6) is 3.83. The van der Waals surface area contributed by atoms with Crippen molar-refractivity contribution in [1.82, 2.24) is 0 Å². The summed E-state index contributed by atoms with van der Waals surface area (Å²) in [5.41, 5.74) is 0.0543. The highest BCUT2D eigenvalue weighted by Crippen LogP contribution is 2.41. The molecule has 0 aromatic rings. The summed E-state index contributed by atoms with van der Waals surface area (Å²) in [6.07, 6.45) is 9.87. The maximum absolute atomic E-state index is 12.5. The van der Waals surface area contributed by atoms with Crippen molar-refractivity contribution in [2.45, 2.75) is 62.2 Å². The van der Waals surface area contributed by atoms with Gasteiger partial charge in [0.05, 0.1) is 11.4 Å². The second kappa shape index (κ2) is 7.06. The number of hydrogen-bond acceptors (Lipinski definition) is 4. The first-order valence-corrected chi connectivity index (χ1v) is 10.3. The van der Waals surface area contributed by atoms with Crippen LogP contribution in [0.1, 0.15) is 51.4 Å². The highest BCUT2D eigenvalue weighted by Gasteiger charge is 2.42. The zero-order valence-electron chi connectivity index (χ0n) is 12.3. The molecule has 0 radical (unpaired) electrons. The van der Waals surface area contributed by atoms with E-state index < -0.39 is 0 Å². The van der Waals surface area contributed by atoms with Crippen LogP contribution in [0.4, 0.5) is 0 Å². The Kier molecular flexibility index (Phi) is 5.38. The van der Waals surface area contributed by atoms with Crippen molar-refractivity contribution < 1.29 is 9.53 Å². The summed E-state index contributed by atoms with van der Waals surface area (Å²) in [6.45, 7) is 0.797. The molecule has 0 amide bonds. The second-order valence-electron chi connectivity index (χ2n) is 6.56. The van der Waals surface area contributed by atoms with Crippen LogP contribution in [0.5, 0.6) is 0 Å². The number of carbonyl (C=O) groups is 1. The lowest BCUT2D eigenvalue weighted by atomic mass is 9.83. The molecule has 3 rings (SSSR count). The third-order valence-electron chi connectivity index (χ3n) is 5.03. The molecule has 3 aliphatic rings. The lowest BCUT2D eigenvalue weighted by molar-refractivity contribution is -0.131. The van der Waals surface area contributed by atoms with E-state index in [0.717, 1.165) is 42.6 Å². The fraction of sp³-hybridized carbons (Fsp3) is 0.938. The molecule has 1 saturated carbocycles. The Morgan fingerprint density at radius 1 is 1.25 bits per heavy atom. The predicted molar refractivity (Wildman–Crippen MR) is 87.7 cm³/mol. The number of ketones is 1. The first-order valence-electron chi connectivity index (χ1n) is 8.13. The van der Waals surface area contributed by atoms with Crippen LogP contribution >= 0.6 is 23.5 Å². The minimum absolute atomic E-state index is 0.0543. The molecule has 20 heavy (non-hydrogen) atoms. The average Bonchev–Trinajstić information content (AvgIpc) is 2.93. The van der Waals surface area contributed by atoms with Crippen molar-refractivity contribution in [3.8, 4) is 0 Å². The molecule has 0 N–H and O–H groups in total. The molecule has 2 saturated heterocycles. The Hall–Kier alpha value is 0.330. The Bertz CT molecular complexity index is 333. The Labute approximate surface area is 131 Å². The van der Waals surface area contributed by atoms with E-state index in [1.165, 1.54) is 37.9 Å². The smallest absolute Gasteiger partial charge is 0.146 e. The van der Waals surface area contributed by atoms with Crippen LogP contribution in [-0.4, -0.2) is 40.5 Å². The second-order valence-corrected chi connectivity index (χ2v) is 8.95. The summed E-state index contributed by atoms with van der Waals surface area (Å²) < 4.78 is 6.02. The SMILES string of the molecule is O=C(CSC1CCCCC1)C1CCOC2(CCSC2)C1. The van der Waals surface area contributed by atoms with Crippen LogP contribution < -0.4 is 0 Å². The summed E-state index contributed by atoms with van der Waals surface area (Å²) in [7, 11) is 0. The van der Waals surface area contributed by atoms with Crippen LogP contribution in [0, 0.1) is 5.92 Å². The molecule has 2 atom stereocenters. The van der Waals surface area contributed by atoms with Gasteiger partial charge in [0.2, 0.25) is 0 Å². The fourth-order valence-corrected chi connectivity index (χ4v) is 6.40. The lowest BCUT2D eigenvalue weighted by Gasteiger charge is -2.37. The number of carbonyl (C=O) groups excluding carboxylic acids is 1. The molecule has 0 aromatic heterocycles. The summed E-state index contributed by atoms with van der Waals surface area (Å²) in [4.78, 5) is 12.5. The van der Waals surface area contributed by atoms with E-state index >= 15 is 0 Å². The maximum atomic E-state index is 12.5. The number of thioether (sulfide) groups is 2. The summed E-state index contributed by atoms with van der Waals surface area (Å²) >= 11 is 3.92. The van der Waals surface area contributed by atoms with Crippen molar-refractivity contribution in [3.63, 3.8) is 0 Å². The van der Waals surface area contributed by atoms with Gasteiger partial charge in [0.1, 0.15) is 5.78 Å². The number of Topliss-reactive ketones (excluding diaryl/α,β-unsaturated/α-hetero) is 1. The van der Waals surface area contributed by atoms with Crippen molar-refractivity contribution >= 4 is 29.3 Å². The zero-order valence-corrected chi connectivity index (χ0v) is 13.9. The molecule has 114 valence electrons. The maximum Gasteiger partial charge on any atom is 0.146 e. The van der Waals surface area contributed by atoms with Gasteiger partial charge in [-0.3, -0.25) is 4.79 Å². The first kappa shape index (κ1) is 15.2. The van der Waals surface area contributed by atoms with E-state index in [0.29, 0.717) is 5.78 Å². The van der Waals surface area contributed by atoms with E-state index in [1.807, 2.05) is 23.5 Å². The molecule has 0 aromatic carbocycles. The van der Waals surface area contributed by atoms with Crippen molar-refractivity contribution in [2.75, 3.05) is 23.9 Å². The minimum Gasteiger partial charge on any atom is -0.374 e. The van der Waals surface area contributed by atoms with Crippen LogP contribution in [0.2, 0.25) is 0 Å². The third kappa shape index (κ3) is 3.75. The number of rotatable bonds is 4. The predicted octanol–water partition coefficient (Wildman–Crippen LogP) is 3.92. The van der Waals surface area contributed by atoms with Gasteiger partial charge in [-0.2, -0.15) is 23.5 Å². The topological polar surface area (TPSA) is 26.3 Å². The van der Waals surface area contributed by atoms with Crippen molar-refractivity contribution in [1.29, 1.82) is 0 Å². The quantitative estimate of drug-likeness (QED) is 0.785. The molecule has 1 aliphatic carbocycles. The van der Waals surface area contributed by atoms with E-state index in [1.54, 1.807) is 0 Å². The van der Waals surface area contributed by atoms with Crippen LogP contribution in [0.3, 0.4) is 0 Å². The van der Waals surface area contributed by atoms with Crippen LogP contribution in [-0.2, 0) is 9.53 Å². The van der Waals surface area contributed by atoms with Gasteiger partial charge in [-0.05, 0) is 37.9 Å². The largest absolute Gasteiger partial charge is 0.374 e. The van der Waals surface area contributed by atoms with Gasteiger partial charge < -0.3 is 4.74 Å². The molecular formula is C16H26O2S2. The minimum atomic E-state index is 0.0543. The van der Waals surface area contributed by atoms with Gasteiger partial charge in [-0.25, -0.2) is 0 Å². The standard InChI is InChI=1S/C16H26O2S2/c17-15(11-20-14-4-2-1-3-5-14)13-6-8-18-16(10-13)7-9-19-12-16/h13-14H,1-12H2. The van der Waals surface area contributed by atoms with Crippen LogP contribution in [0.15, 0.2) is 0 Å². The Morgan fingerprint density at radius 3 is 2.85 bits per heavy atom. The Balaban J connectivity index is 1.46. The molecule has 1 spiro atoms. The summed E-state index contributed by atoms with van der Waals surface area (Å²) in [6, 6.07) is 0. The molecule has 3 fully saturated rings. The van der Waals surface area contributed by atoms with Crippen molar-refractivity contribution in [2.24, 2.45) is 5.92 Å². The molecule has 2 heterocycles. The lowest BCUT2D eigenvalue weighted by Crippen LogP contribution is -2.42. The van der Waals surface area contributed by atoms with Crippen LogP contribution in [0.25, 0.3) is 0 Å². The first-order chi connectivity index (χ1) is 9.77. The molecule has 2 nitrogen and oxygen atoms in total. The average molecular weight is 315 g/mol. The molecule has 4 heteroatoms. The van der Waals surface area contributed by atoms with Crippen molar-refractivity contribution in [3.05, 3.63) is 0 Å². The fourth-order valence-electron chi connectivity index (χ4n) is 3.72. The van der Waals surface area contributed by atoms with E-state index in [4.69, 9.17) is 4.74 Å². The molecule has 2 unspecified atom stereocenters. The van der Waals surface area contributed by atoms with Gasteiger partial charge in [0.25, 0.3) is 0 Å². The van der Waals surface area contributed by atoms with E-state index in [2.05, 4.69) is 0 Å². The molecule has 2 aliphatic heterocycles. The van der Waals surface area contributed by atoms with E-state index in [-0.39, 0.29) is 11.5 Å².